The highest BCUT2D eigenvalue weighted by atomic mass is 16.5. The molecule has 134 valence electrons. The van der Waals surface area contributed by atoms with Crippen molar-refractivity contribution >= 4 is 11.8 Å². The first-order chi connectivity index (χ1) is 12.1. The van der Waals surface area contributed by atoms with E-state index < -0.39 is 5.41 Å². The Morgan fingerprint density at radius 3 is 2.48 bits per heavy atom. The Hall–Kier alpha value is -2.08. The van der Waals surface area contributed by atoms with E-state index in [9.17, 15) is 9.59 Å². The summed E-state index contributed by atoms with van der Waals surface area (Å²) in [5.74, 6) is 0.911. The number of carbonyl (C=O) groups is 2. The third-order valence-corrected chi connectivity index (χ3v) is 5.88. The molecule has 2 saturated heterocycles. The van der Waals surface area contributed by atoms with Gasteiger partial charge < -0.3 is 19.3 Å². The highest BCUT2D eigenvalue weighted by molar-refractivity contribution is 5.95. The van der Waals surface area contributed by atoms with Crippen LogP contribution >= 0.6 is 0 Å². The minimum absolute atomic E-state index is 0.0367. The van der Waals surface area contributed by atoms with E-state index in [1.165, 1.54) is 0 Å². The molecule has 6 heteroatoms. The fourth-order valence-electron chi connectivity index (χ4n) is 4.21. The highest BCUT2D eigenvalue weighted by Gasteiger charge is 2.54. The number of hydrogen-bond acceptors (Lipinski definition) is 4. The van der Waals surface area contributed by atoms with Crippen LogP contribution in [-0.2, 0) is 19.7 Å². The maximum atomic E-state index is 13.2. The van der Waals surface area contributed by atoms with Gasteiger partial charge >= 0.3 is 0 Å². The van der Waals surface area contributed by atoms with Crippen molar-refractivity contribution in [2.75, 3.05) is 33.9 Å². The van der Waals surface area contributed by atoms with E-state index in [1.54, 1.807) is 19.1 Å². The number of rotatable bonds is 4. The van der Waals surface area contributed by atoms with Gasteiger partial charge in [0.15, 0.2) is 0 Å². The van der Waals surface area contributed by atoms with Crippen LogP contribution in [0.4, 0.5) is 0 Å². The molecule has 6 nitrogen and oxygen atoms in total. The van der Waals surface area contributed by atoms with Crippen molar-refractivity contribution in [2.45, 2.75) is 36.8 Å². The molecule has 2 aliphatic heterocycles. The molecule has 1 aromatic carbocycles. The van der Waals surface area contributed by atoms with Crippen molar-refractivity contribution < 1.29 is 19.1 Å². The van der Waals surface area contributed by atoms with E-state index in [4.69, 9.17) is 9.47 Å². The second-order valence-electron chi connectivity index (χ2n) is 7.29. The number of methoxy groups -OCH3 is 2. The van der Waals surface area contributed by atoms with Crippen molar-refractivity contribution in [3.05, 3.63) is 29.8 Å². The molecule has 0 spiro atoms. The van der Waals surface area contributed by atoms with Gasteiger partial charge in [-0.15, -0.1) is 0 Å². The van der Waals surface area contributed by atoms with Gasteiger partial charge in [-0.2, -0.15) is 0 Å². The van der Waals surface area contributed by atoms with Crippen molar-refractivity contribution in [3.63, 3.8) is 0 Å². The van der Waals surface area contributed by atoms with Crippen LogP contribution in [0.25, 0.3) is 0 Å². The lowest BCUT2D eigenvalue weighted by atomic mass is 9.93. The summed E-state index contributed by atoms with van der Waals surface area (Å²) in [6.45, 7) is 1.44. The molecule has 2 atom stereocenters. The molecule has 3 aliphatic rings. The van der Waals surface area contributed by atoms with Gasteiger partial charge in [0.05, 0.1) is 31.2 Å². The fraction of sp³-hybridized carbons (Fsp3) is 0.579. The predicted octanol–water partition coefficient (Wildman–Crippen LogP) is 1.18. The van der Waals surface area contributed by atoms with Gasteiger partial charge in [-0.1, -0.05) is 12.1 Å². The van der Waals surface area contributed by atoms with E-state index in [-0.39, 0.29) is 30.5 Å². The minimum Gasteiger partial charge on any atom is -0.497 e. The number of amides is 2. The Labute approximate surface area is 147 Å². The first kappa shape index (κ1) is 16.4. The van der Waals surface area contributed by atoms with Gasteiger partial charge in [0.2, 0.25) is 11.8 Å². The van der Waals surface area contributed by atoms with E-state index >= 15 is 0 Å². The number of hydrogen-bond donors (Lipinski definition) is 0. The van der Waals surface area contributed by atoms with Crippen LogP contribution in [0.2, 0.25) is 0 Å². The number of carbonyl (C=O) groups excluding carboxylic acids is 2. The van der Waals surface area contributed by atoms with Gasteiger partial charge in [0, 0.05) is 20.2 Å². The molecule has 1 saturated carbocycles. The van der Waals surface area contributed by atoms with Gasteiger partial charge in [-0.3, -0.25) is 9.59 Å². The first-order valence-electron chi connectivity index (χ1n) is 8.83. The molecule has 3 fully saturated rings. The van der Waals surface area contributed by atoms with Crippen LogP contribution in [0.5, 0.6) is 5.75 Å². The maximum absolute atomic E-state index is 13.2. The van der Waals surface area contributed by atoms with Crippen LogP contribution < -0.4 is 4.74 Å². The third kappa shape index (κ3) is 2.68. The zero-order chi connectivity index (χ0) is 17.6. The molecule has 0 radical (unpaired) electrons. The zero-order valence-electron chi connectivity index (χ0n) is 14.7. The Balaban J connectivity index is 1.51. The summed E-state index contributed by atoms with van der Waals surface area (Å²) in [5, 5.41) is 0. The van der Waals surface area contributed by atoms with Crippen LogP contribution in [0.3, 0.4) is 0 Å². The molecule has 2 heterocycles. The predicted molar refractivity (Wildman–Crippen MR) is 91.4 cm³/mol. The summed E-state index contributed by atoms with van der Waals surface area (Å²) in [7, 11) is 3.31. The Bertz CT molecular complexity index is 683. The summed E-state index contributed by atoms with van der Waals surface area (Å²) in [5.41, 5.74) is 0.572. The van der Waals surface area contributed by atoms with Gasteiger partial charge in [0.25, 0.3) is 0 Å². The summed E-state index contributed by atoms with van der Waals surface area (Å²) < 4.78 is 10.6. The molecule has 1 aliphatic carbocycles. The van der Waals surface area contributed by atoms with Crippen LogP contribution in [0, 0.1) is 0 Å². The molecule has 0 aromatic heterocycles. The molecular weight excluding hydrogens is 320 g/mol. The number of fused-ring (bicyclic) bond motifs is 1. The smallest absolute Gasteiger partial charge is 0.242 e. The zero-order valence-corrected chi connectivity index (χ0v) is 14.7. The first-order valence-corrected chi connectivity index (χ1v) is 8.83. The summed E-state index contributed by atoms with van der Waals surface area (Å²) in [6.07, 6.45) is 2.58. The molecule has 0 bridgehead atoms. The molecular formula is C19H24N2O4. The third-order valence-electron chi connectivity index (χ3n) is 5.88. The molecule has 0 unspecified atom stereocenters. The Morgan fingerprint density at radius 2 is 1.88 bits per heavy atom. The van der Waals surface area contributed by atoms with Crippen molar-refractivity contribution in [1.82, 2.24) is 9.80 Å². The van der Waals surface area contributed by atoms with Crippen LogP contribution in [0.15, 0.2) is 24.3 Å². The standard InChI is InChI=1S/C19H24N2O4/c1-24-15-5-3-13(4-6-15)19(7-8-19)18(23)20-10-14-9-16(25-2)11-21(14)17(22)12-20/h3-6,14,16H,7-12H2,1-2H3/t14-,16-/m0/s1. The second kappa shape index (κ2) is 6.02. The van der Waals surface area contributed by atoms with Crippen molar-refractivity contribution in [1.29, 1.82) is 0 Å². The van der Waals surface area contributed by atoms with Gasteiger partial charge in [-0.05, 0) is 37.0 Å². The lowest BCUT2D eigenvalue weighted by Crippen LogP contribution is -2.57. The quantitative estimate of drug-likeness (QED) is 0.823. The second-order valence-corrected chi connectivity index (χ2v) is 7.29. The molecule has 4 rings (SSSR count). The normalized spacial score (nSPS) is 27.2. The summed E-state index contributed by atoms with van der Waals surface area (Å²) in [4.78, 5) is 29.3. The molecule has 25 heavy (non-hydrogen) atoms. The van der Waals surface area contributed by atoms with E-state index in [0.717, 1.165) is 30.6 Å². The van der Waals surface area contributed by atoms with Crippen LogP contribution in [-0.4, -0.2) is 67.6 Å². The van der Waals surface area contributed by atoms with E-state index in [2.05, 4.69) is 0 Å². The van der Waals surface area contributed by atoms with E-state index in [1.807, 2.05) is 29.2 Å². The average molecular weight is 344 g/mol. The van der Waals surface area contributed by atoms with E-state index in [0.29, 0.717) is 13.1 Å². The Morgan fingerprint density at radius 1 is 1.16 bits per heavy atom. The Kier molecular flexibility index (Phi) is 3.95. The number of piperazine rings is 1. The average Bonchev–Trinajstić information content (AvgIpc) is 3.34. The minimum atomic E-state index is -0.450. The number of benzene rings is 1. The lowest BCUT2D eigenvalue weighted by Gasteiger charge is -2.38. The monoisotopic (exact) mass is 344 g/mol. The van der Waals surface area contributed by atoms with Crippen molar-refractivity contribution in [2.24, 2.45) is 0 Å². The highest BCUT2D eigenvalue weighted by Crippen LogP contribution is 2.50. The fourth-order valence-corrected chi connectivity index (χ4v) is 4.21. The summed E-state index contributed by atoms with van der Waals surface area (Å²) in [6, 6.07) is 7.82. The van der Waals surface area contributed by atoms with Crippen molar-refractivity contribution in [3.8, 4) is 5.75 Å². The SMILES string of the molecule is COc1ccc(C2(C(=O)N3CC(=O)N4C[C@@H](OC)C[C@H]4C3)CC2)cc1. The number of ether oxygens (including phenoxy) is 2. The molecule has 0 N–H and O–H groups in total. The van der Waals surface area contributed by atoms with Gasteiger partial charge in [0.1, 0.15) is 5.75 Å². The lowest BCUT2D eigenvalue weighted by molar-refractivity contribution is -0.148. The van der Waals surface area contributed by atoms with Gasteiger partial charge in [-0.25, -0.2) is 0 Å². The topological polar surface area (TPSA) is 59.1 Å². The summed E-state index contributed by atoms with van der Waals surface area (Å²) >= 11 is 0. The number of nitrogens with zero attached hydrogens (tertiary/aromatic N) is 2. The largest absolute Gasteiger partial charge is 0.497 e. The van der Waals surface area contributed by atoms with Crippen LogP contribution in [0.1, 0.15) is 24.8 Å². The molecule has 2 amide bonds. The molecule has 1 aromatic rings. The maximum Gasteiger partial charge on any atom is 0.242 e.